The monoisotopic (exact) mass is 373 g/mol. The number of carbonyl (C=O) groups is 2. The Labute approximate surface area is 164 Å². The molecule has 1 saturated carbocycles. The molecule has 0 radical (unpaired) electrons. The highest BCUT2D eigenvalue weighted by atomic mass is 16.5. The topological polar surface area (TPSA) is 55.4 Å². The normalized spacial score (nSPS) is 20.1. The minimum Gasteiger partial charge on any atom is -0.459 e. The highest BCUT2D eigenvalue weighted by molar-refractivity contribution is 5.93. The zero-order valence-electron chi connectivity index (χ0n) is 17.3. The Hall–Kier alpha value is -1.84. The van der Waals surface area contributed by atoms with Crippen LogP contribution in [-0.2, 0) is 9.53 Å². The van der Waals surface area contributed by atoms with E-state index in [2.05, 4.69) is 33.0 Å². The minimum atomic E-state index is -0.268. The SMILES string of the molecule is CCCCCC(=O)Nc1ccc(C(=O)OC2CCC(C(C)(C)C)CC2)cc1. The van der Waals surface area contributed by atoms with Crippen LogP contribution in [-0.4, -0.2) is 18.0 Å². The second-order valence-electron chi connectivity index (χ2n) is 8.83. The van der Waals surface area contributed by atoms with E-state index >= 15 is 0 Å². The van der Waals surface area contributed by atoms with Crippen LogP contribution in [0.5, 0.6) is 0 Å². The molecular formula is C23H35NO3. The van der Waals surface area contributed by atoms with Crippen molar-refractivity contribution in [3.63, 3.8) is 0 Å². The fourth-order valence-electron chi connectivity index (χ4n) is 3.71. The maximum absolute atomic E-state index is 12.4. The lowest BCUT2D eigenvalue weighted by Crippen LogP contribution is -2.30. The van der Waals surface area contributed by atoms with Crippen molar-refractivity contribution in [3.8, 4) is 0 Å². The number of hydrogen-bond donors (Lipinski definition) is 1. The Bertz CT molecular complexity index is 608. The summed E-state index contributed by atoms with van der Waals surface area (Å²) in [6.07, 6.45) is 7.75. The Morgan fingerprint density at radius 3 is 2.22 bits per heavy atom. The molecule has 0 atom stereocenters. The number of hydrogen-bond acceptors (Lipinski definition) is 3. The van der Waals surface area contributed by atoms with Gasteiger partial charge in [0, 0.05) is 12.1 Å². The second kappa shape index (κ2) is 9.91. The van der Waals surface area contributed by atoms with Crippen LogP contribution in [0.25, 0.3) is 0 Å². The van der Waals surface area contributed by atoms with Crippen LogP contribution in [0.3, 0.4) is 0 Å². The molecule has 0 heterocycles. The summed E-state index contributed by atoms with van der Waals surface area (Å²) in [6, 6.07) is 6.99. The van der Waals surface area contributed by atoms with Crippen molar-refractivity contribution < 1.29 is 14.3 Å². The van der Waals surface area contributed by atoms with Gasteiger partial charge in [-0.2, -0.15) is 0 Å². The van der Waals surface area contributed by atoms with E-state index in [1.54, 1.807) is 24.3 Å². The van der Waals surface area contributed by atoms with Crippen molar-refractivity contribution >= 4 is 17.6 Å². The van der Waals surface area contributed by atoms with Crippen LogP contribution >= 0.6 is 0 Å². The van der Waals surface area contributed by atoms with Crippen molar-refractivity contribution in [2.24, 2.45) is 11.3 Å². The quantitative estimate of drug-likeness (QED) is 0.473. The molecule has 2 rings (SSSR count). The van der Waals surface area contributed by atoms with Crippen molar-refractivity contribution in [2.75, 3.05) is 5.32 Å². The Balaban J connectivity index is 1.79. The average molecular weight is 374 g/mol. The number of esters is 1. The molecule has 1 aliphatic carbocycles. The Kier molecular flexibility index (Phi) is 7.88. The molecule has 1 N–H and O–H groups in total. The van der Waals surface area contributed by atoms with E-state index in [9.17, 15) is 9.59 Å². The van der Waals surface area contributed by atoms with Crippen LogP contribution in [0, 0.1) is 11.3 Å². The summed E-state index contributed by atoms with van der Waals surface area (Å²) >= 11 is 0. The first-order valence-corrected chi connectivity index (χ1v) is 10.4. The molecule has 0 saturated heterocycles. The van der Waals surface area contributed by atoms with Gasteiger partial charge in [-0.1, -0.05) is 40.5 Å². The lowest BCUT2D eigenvalue weighted by molar-refractivity contribution is -0.116. The molecule has 4 nitrogen and oxygen atoms in total. The molecule has 0 bridgehead atoms. The molecule has 1 fully saturated rings. The first-order valence-electron chi connectivity index (χ1n) is 10.4. The average Bonchev–Trinajstić information content (AvgIpc) is 2.62. The van der Waals surface area contributed by atoms with Gasteiger partial charge < -0.3 is 10.1 Å². The summed E-state index contributed by atoms with van der Waals surface area (Å²) in [4.78, 5) is 24.3. The highest BCUT2D eigenvalue weighted by Gasteiger charge is 2.31. The molecule has 0 unspecified atom stereocenters. The van der Waals surface area contributed by atoms with Crippen molar-refractivity contribution in [1.82, 2.24) is 0 Å². The Morgan fingerprint density at radius 2 is 1.67 bits per heavy atom. The number of nitrogens with one attached hydrogen (secondary N) is 1. The van der Waals surface area contributed by atoms with E-state index in [1.165, 1.54) is 0 Å². The summed E-state index contributed by atoms with van der Waals surface area (Å²) in [5, 5.41) is 2.88. The lowest BCUT2D eigenvalue weighted by atomic mass is 9.72. The zero-order chi connectivity index (χ0) is 19.9. The van der Waals surface area contributed by atoms with E-state index in [1.807, 2.05) is 0 Å². The van der Waals surface area contributed by atoms with E-state index in [4.69, 9.17) is 4.74 Å². The summed E-state index contributed by atoms with van der Waals surface area (Å²) < 4.78 is 5.70. The third kappa shape index (κ3) is 7.00. The molecule has 150 valence electrons. The van der Waals surface area contributed by atoms with Gasteiger partial charge in [-0.05, 0) is 67.7 Å². The summed E-state index contributed by atoms with van der Waals surface area (Å²) in [6.45, 7) is 8.97. The number of ether oxygens (including phenoxy) is 1. The maximum atomic E-state index is 12.4. The number of anilines is 1. The molecule has 1 aromatic carbocycles. The van der Waals surface area contributed by atoms with E-state index in [0.717, 1.165) is 50.6 Å². The number of benzene rings is 1. The fraction of sp³-hybridized carbons (Fsp3) is 0.652. The zero-order valence-corrected chi connectivity index (χ0v) is 17.3. The highest BCUT2D eigenvalue weighted by Crippen LogP contribution is 2.38. The lowest BCUT2D eigenvalue weighted by Gasteiger charge is -2.36. The van der Waals surface area contributed by atoms with Gasteiger partial charge >= 0.3 is 5.97 Å². The van der Waals surface area contributed by atoms with Gasteiger partial charge in [0.25, 0.3) is 0 Å². The van der Waals surface area contributed by atoms with Crippen molar-refractivity contribution in [2.45, 2.75) is 85.2 Å². The molecule has 1 aromatic rings. The summed E-state index contributed by atoms with van der Waals surface area (Å²) in [5.74, 6) is 0.456. The molecular weight excluding hydrogens is 338 g/mol. The van der Waals surface area contributed by atoms with E-state index < -0.39 is 0 Å². The predicted octanol–water partition coefficient (Wildman–Crippen LogP) is 5.97. The third-order valence-corrected chi connectivity index (χ3v) is 5.58. The number of unbranched alkanes of at least 4 members (excludes halogenated alkanes) is 2. The number of amides is 1. The number of carbonyl (C=O) groups excluding carboxylic acids is 2. The van der Waals surface area contributed by atoms with Gasteiger partial charge in [-0.25, -0.2) is 4.79 Å². The van der Waals surface area contributed by atoms with E-state index in [0.29, 0.717) is 23.3 Å². The van der Waals surface area contributed by atoms with Crippen molar-refractivity contribution in [1.29, 1.82) is 0 Å². The first-order chi connectivity index (χ1) is 12.8. The summed E-state index contributed by atoms with van der Waals surface area (Å²) in [7, 11) is 0. The molecule has 4 heteroatoms. The maximum Gasteiger partial charge on any atom is 0.338 e. The van der Waals surface area contributed by atoms with Crippen LogP contribution in [0.1, 0.15) is 89.4 Å². The number of rotatable bonds is 7. The molecule has 0 aromatic heterocycles. The van der Waals surface area contributed by atoms with Gasteiger partial charge in [0.1, 0.15) is 6.10 Å². The molecule has 0 spiro atoms. The van der Waals surface area contributed by atoms with Gasteiger partial charge in [0.05, 0.1) is 5.56 Å². The van der Waals surface area contributed by atoms with Gasteiger partial charge in [-0.15, -0.1) is 0 Å². The van der Waals surface area contributed by atoms with Crippen LogP contribution < -0.4 is 5.32 Å². The van der Waals surface area contributed by atoms with Gasteiger partial charge in [-0.3, -0.25) is 4.79 Å². The van der Waals surface area contributed by atoms with Gasteiger partial charge in [0.2, 0.25) is 5.91 Å². The Morgan fingerprint density at radius 1 is 1.04 bits per heavy atom. The fourth-order valence-corrected chi connectivity index (χ4v) is 3.71. The standard InChI is InChI=1S/C23H35NO3/c1-5-6-7-8-21(25)24-19-13-9-17(10-14-19)22(26)27-20-15-11-18(12-16-20)23(2,3)4/h9-10,13-14,18,20H,5-8,11-12,15-16H2,1-4H3,(H,24,25). The van der Waals surface area contributed by atoms with Gasteiger partial charge in [0.15, 0.2) is 0 Å². The smallest absolute Gasteiger partial charge is 0.338 e. The van der Waals surface area contributed by atoms with Crippen LogP contribution in [0.4, 0.5) is 5.69 Å². The minimum absolute atomic E-state index is 0.0223. The molecule has 0 aliphatic heterocycles. The molecule has 1 aliphatic rings. The largest absolute Gasteiger partial charge is 0.459 e. The summed E-state index contributed by atoms with van der Waals surface area (Å²) in [5.41, 5.74) is 1.59. The van der Waals surface area contributed by atoms with Crippen LogP contribution in [0.2, 0.25) is 0 Å². The molecule has 27 heavy (non-hydrogen) atoms. The van der Waals surface area contributed by atoms with Crippen LogP contribution in [0.15, 0.2) is 24.3 Å². The van der Waals surface area contributed by atoms with E-state index in [-0.39, 0.29) is 18.0 Å². The third-order valence-electron chi connectivity index (χ3n) is 5.58. The van der Waals surface area contributed by atoms with Crippen molar-refractivity contribution in [3.05, 3.63) is 29.8 Å². The first kappa shape index (κ1) is 21.5. The molecule has 1 amide bonds. The predicted molar refractivity (Wildman–Crippen MR) is 110 cm³/mol. The second-order valence-corrected chi connectivity index (χ2v) is 8.83.